The highest BCUT2D eigenvalue weighted by Gasteiger charge is 2.08. The molecule has 2 N–H and O–H groups in total. The summed E-state index contributed by atoms with van der Waals surface area (Å²) in [6.07, 6.45) is 0.755. The first kappa shape index (κ1) is 18.8. The molecule has 0 bridgehead atoms. The van der Waals surface area contributed by atoms with Gasteiger partial charge in [0.2, 0.25) is 0 Å². The van der Waals surface area contributed by atoms with Crippen LogP contribution in [0.4, 0.5) is 0 Å². The number of benzene rings is 2. The summed E-state index contributed by atoms with van der Waals surface area (Å²) < 4.78 is 0. The molecule has 0 saturated heterocycles. The van der Waals surface area contributed by atoms with E-state index in [1.54, 1.807) is 18.2 Å². The predicted octanol–water partition coefficient (Wildman–Crippen LogP) is 4.45. The van der Waals surface area contributed by atoms with Crippen molar-refractivity contribution < 1.29 is 9.90 Å². The van der Waals surface area contributed by atoms with Crippen LogP contribution in [0.5, 0.6) is 0 Å². The molecule has 22 heavy (non-hydrogen) atoms. The molecule has 118 valence electrons. The van der Waals surface area contributed by atoms with Crippen molar-refractivity contribution in [3.63, 3.8) is 0 Å². The lowest BCUT2D eigenvalue weighted by atomic mass is 10.1. The molecule has 0 aromatic heterocycles. The topological polar surface area (TPSA) is 49.3 Å². The monoisotopic (exact) mass is 359 g/mol. The zero-order chi connectivity index (χ0) is 15.2. The van der Waals surface area contributed by atoms with Gasteiger partial charge in [0.05, 0.1) is 5.56 Å². The molecule has 3 nitrogen and oxygen atoms in total. The summed E-state index contributed by atoms with van der Waals surface area (Å²) in [5.74, 6) is -0.909. The number of carboxylic acid groups (broad SMARTS) is 1. The van der Waals surface area contributed by atoms with Crippen LogP contribution in [0.1, 0.15) is 21.5 Å². The molecule has 0 aliphatic carbocycles. The Morgan fingerprint density at radius 2 is 1.82 bits per heavy atom. The van der Waals surface area contributed by atoms with Crippen LogP contribution in [0, 0.1) is 0 Å². The van der Waals surface area contributed by atoms with Gasteiger partial charge in [-0.05, 0) is 42.3 Å². The molecule has 0 heterocycles. The highest BCUT2D eigenvalue weighted by Crippen LogP contribution is 2.21. The Morgan fingerprint density at radius 1 is 1.09 bits per heavy atom. The molecule has 2 rings (SSSR count). The maximum atomic E-state index is 11.1. The van der Waals surface area contributed by atoms with Crippen LogP contribution in [0.2, 0.25) is 10.0 Å². The molecular formula is C16H16Cl3NO2. The molecule has 6 heteroatoms. The maximum Gasteiger partial charge on any atom is 0.336 e. The van der Waals surface area contributed by atoms with Crippen LogP contribution in [0.25, 0.3) is 0 Å². The SMILES string of the molecule is Cl.O=C(O)c1ccccc1CNCCc1ccc(Cl)cc1Cl. The third-order valence-electron chi connectivity index (χ3n) is 3.15. The number of carbonyl (C=O) groups is 1. The Bertz CT molecular complexity index is 647. The molecule has 0 unspecified atom stereocenters. The minimum Gasteiger partial charge on any atom is -0.478 e. The molecule has 2 aromatic rings. The first-order valence-corrected chi connectivity index (χ1v) is 7.29. The molecule has 0 aliphatic heterocycles. The Hall–Kier alpha value is -1.26. The van der Waals surface area contributed by atoms with Crippen LogP contribution >= 0.6 is 35.6 Å². The molecule has 0 spiro atoms. The summed E-state index contributed by atoms with van der Waals surface area (Å²) in [7, 11) is 0. The highest BCUT2D eigenvalue weighted by molar-refractivity contribution is 6.35. The molecule has 0 radical (unpaired) electrons. The Kier molecular flexibility index (Phi) is 7.69. The third-order valence-corrected chi connectivity index (χ3v) is 3.74. The summed E-state index contributed by atoms with van der Waals surface area (Å²) in [5.41, 5.74) is 2.11. The van der Waals surface area contributed by atoms with Crippen molar-refractivity contribution >= 4 is 41.6 Å². The van der Waals surface area contributed by atoms with Gasteiger partial charge in [0.15, 0.2) is 0 Å². The lowest BCUT2D eigenvalue weighted by molar-refractivity contribution is 0.0695. The van der Waals surface area contributed by atoms with Crippen molar-refractivity contribution in [3.8, 4) is 0 Å². The number of nitrogens with one attached hydrogen (secondary N) is 1. The summed E-state index contributed by atoms with van der Waals surface area (Å²) in [6, 6.07) is 12.4. The van der Waals surface area contributed by atoms with Crippen LogP contribution in [0.15, 0.2) is 42.5 Å². The van der Waals surface area contributed by atoms with Crippen molar-refractivity contribution in [2.45, 2.75) is 13.0 Å². The van der Waals surface area contributed by atoms with E-state index in [1.807, 2.05) is 24.3 Å². The summed E-state index contributed by atoms with van der Waals surface area (Å²) >= 11 is 12.0. The third kappa shape index (κ3) is 5.18. The minimum atomic E-state index is -0.909. The maximum absolute atomic E-state index is 11.1. The van der Waals surface area contributed by atoms with E-state index in [0.29, 0.717) is 28.7 Å². The van der Waals surface area contributed by atoms with Gasteiger partial charge in [-0.25, -0.2) is 4.79 Å². The Labute approximate surface area is 145 Å². The summed E-state index contributed by atoms with van der Waals surface area (Å²) in [4.78, 5) is 11.1. The van der Waals surface area contributed by atoms with E-state index in [4.69, 9.17) is 28.3 Å². The van der Waals surface area contributed by atoms with E-state index < -0.39 is 5.97 Å². The van der Waals surface area contributed by atoms with Gasteiger partial charge in [-0.2, -0.15) is 0 Å². The number of hydrogen-bond donors (Lipinski definition) is 2. The van der Waals surface area contributed by atoms with E-state index in [-0.39, 0.29) is 12.4 Å². The quantitative estimate of drug-likeness (QED) is 0.748. The number of aromatic carboxylic acids is 1. The van der Waals surface area contributed by atoms with Gasteiger partial charge < -0.3 is 10.4 Å². The second kappa shape index (κ2) is 9.01. The van der Waals surface area contributed by atoms with Crippen molar-refractivity contribution in [3.05, 3.63) is 69.2 Å². The van der Waals surface area contributed by atoms with E-state index >= 15 is 0 Å². The van der Waals surface area contributed by atoms with Gasteiger partial charge >= 0.3 is 5.97 Å². The first-order valence-electron chi connectivity index (χ1n) is 6.54. The fraction of sp³-hybridized carbons (Fsp3) is 0.188. The van der Waals surface area contributed by atoms with Gasteiger partial charge in [-0.1, -0.05) is 47.5 Å². The average Bonchev–Trinajstić information content (AvgIpc) is 2.45. The lowest BCUT2D eigenvalue weighted by Gasteiger charge is -2.09. The van der Waals surface area contributed by atoms with E-state index in [2.05, 4.69) is 5.32 Å². The fourth-order valence-corrected chi connectivity index (χ4v) is 2.56. The summed E-state index contributed by atoms with van der Waals surface area (Å²) in [6.45, 7) is 1.21. The van der Waals surface area contributed by atoms with Crippen LogP contribution in [-0.4, -0.2) is 17.6 Å². The molecule has 0 amide bonds. The zero-order valence-electron chi connectivity index (χ0n) is 11.7. The van der Waals surface area contributed by atoms with Gasteiger partial charge in [0, 0.05) is 16.6 Å². The van der Waals surface area contributed by atoms with Crippen molar-refractivity contribution in [1.29, 1.82) is 0 Å². The van der Waals surface area contributed by atoms with Gasteiger partial charge in [-0.15, -0.1) is 12.4 Å². The van der Waals surface area contributed by atoms with Crippen molar-refractivity contribution in [2.24, 2.45) is 0 Å². The first-order chi connectivity index (χ1) is 10.1. The predicted molar refractivity (Wildman–Crippen MR) is 92.5 cm³/mol. The molecule has 2 aromatic carbocycles. The fourth-order valence-electron chi connectivity index (χ4n) is 2.05. The van der Waals surface area contributed by atoms with Crippen LogP contribution < -0.4 is 5.32 Å². The second-order valence-corrected chi connectivity index (χ2v) is 5.47. The number of hydrogen-bond acceptors (Lipinski definition) is 2. The highest BCUT2D eigenvalue weighted by atomic mass is 35.5. The molecule has 0 aliphatic rings. The van der Waals surface area contributed by atoms with Crippen molar-refractivity contribution in [1.82, 2.24) is 5.32 Å². The van der Waals surface area contributed by atoms with E-state index in [9.17, 15) is 4.79 Å². The van der Waals surface area contributed by atoms with Gasteiger partial charge in [0.25, 0.3) is 0 Å². The van der Waals surface area contributed by atoms with Crippen LogP contribution in [0.3, 0.4) is 0 Å². The number of rotatable bonds is 6. The standard InChI is InChI=1S/C16H15Cl2NO2.ClH/c17-13-6-5-11(15(18)9-13)7-8-19-10-12-3-1-2-4-14(12)16(20)21;/h1-6,9,19H,7-8,10H2,(H,20,21);1H. The van der Waals surface area contributed by atoms with E-state index in [1.165, 1.54) is 0 Å². The Balaban J connectivity index is 0.00000242. The largest absolute Gasteiger partial charge is 0.478 e. The number of halogens is 3. The molecule has 0 saturated carbocycles. The van der Waals surface area contributed by atoms with Crippen molar-refractivity contribution in [2.75, 3.05) is 6.54 Å². The van der Waals surface area contributed by atoms with Gasteiger partial charge in [0.1, 0.15) is 0 Å². The molecule has 0 atom stereocenters. The summed E-state index contributed by atoms with van der Waals surface area (Å²) in [5, 5.41) is 13.6. The lowest BCUT2D eigenvalue weighted by Crippen LogP contribution is -2.18. The zero-order valence-corrected chi connectivity index (χ0v) is 14.0. The molecular weight excluding hydrogens is 345 g/mol. The second-order valence-electron chi connectivity index (χ2n) is 4.62. The number of carboxylic acids is 1. The average molecular weight is 361 g/mol. The van der Waals surface area contributed by atoms with Gasteiger partial charge in [-0.3, -0.25) is 0 Å². The minimum absolute atomic E-state index is 0. The smallest absolute Gasteiger partial charge is 0.336 e. The molecule has 0 fully saturated rings. The van der Waals surface area contributed by atoms with E-state index in [0.717, 1.165) is 17.5 Å². The Morgan fingerprint density at radius 3 is 2.50 bits per heavy atom. The normalized spacial score (nSPS) is 10.1. The van der Waals surface area contributed by atoms with Crippen LogP contribution in [-0.2, 0) is 13.0 Å².